The molecule has 1 saturated heterocycles. The van der Waals surface area contributed by atoms with Crippen LogP contribution in [-0.4, -0.2) is 63.9 Å². The highest BCUT2D eigenvalue weighted by Crippen LogP contribution is 2.21. The molecular formula is C16H24N2O5S2. The Labute approximate surface area is 149 Å². The fourth-order valence-electron chi connectivity index (χ4n) is 2.86. The molecule has 1 amide bonds. The van der Waals surface area contributed by atoms with Crippen LogP contribution in [0.4, 0.5) is 0 Å². The summed E-state index contributed by atoms with van der Waals surface area (Å²) in [4.78, 5) is 11.3. The number of nitrogens with zero attached hydrogens (tertiary/aromatic N) is 1. The highest BCUT2D eigenvalue weighted by molar-refractivity contribution is 7.92. The second kappa shape index (κ2) is 8.29. The third kappa shape index (κ3) is 5.52. The van der Waals surface area contributed by atoms with Gasteiger partial charge in [0, 0.05) is 20.1 Å². The molecule has 1 N–H and O–H groups in total. The van der Waals surface area contributed by atoms with Crippen LogP contribution in [0.15, 0.2) is 30.3 Å². The number of hydrogen-bond donors (Lipinski definition) is 1. The summed E-state index contributed by atoms with van der Waals surface area (Å²) in [7, 11) is -5.58. The number of sulfone groups is 1. The van der Waals surface area contributed by atoms with E-state index in [9.17, 15) is 21.6 Å². The Kier molecular flexibility index (Phi) is 6.59. The molecule has 1 heterocycles. The highest BCUT2D eigenvalue weighted by atomic mass is 32.2. The number of amides is 1. The molecule has 0 radical (unpaired) electrons. The van der Waals surface area contributed by atoms with Crippen molar-refractivity contribution >= 4 is 25.8 Å². The third-order valence-corrected chi connectivity index (χ3v) is 8.43. The zero-order valence-electron chi connectivity index (χ0n) is 14.2. The predicted octanol–water partition coefficient (Wildman–Crippen LogP) is 0.184. The fraction of sp³-hybridized carbons (Fsp3) is 0.562. The van der Waals surface area contributed by atoms with E-state index in [1.54, 1.807) is 0 Å². The van der Waals surface area contributed by atoms with Crippen LogP contribution < -0.4 is 5.32 Å². The number of hydrogen-bond acceptors (Lipinski definition) is 5. The molecule has 0 aliphatic carbocycles. The van der Waals surface area contributed by atoms with Gasteiger partial charge in [-0.1, -0.05) is 30.3 Å². The summed E-state index contributed by atoms with van der Waals surface area (Å²) in [5.41, 5.74) is 0.953. The van der Waals surface area contributed by atoms with E-state index in [-0.39, 0.29) is 31.7 Å². The Morgan fingerprint density at radius 3 is 2.28 bits per heavy atom. The Balaban J connectivity index is 1.91. The molecule has 0 saturated carbocycles. The van der Waals surface area contributed by atoms with E-state index in [2.05, 4.69) is 5.32 Å². The number of carbonyl (C=O) groups is 1. The number of aryl methyl sites for hydroxylation is 1. The van der Waals surface area contributed by atoms with Gasteiger partial charge in [-0.05, 0) is 24.8 Å². The number of rotatable bonds is 7. The quantitative estimate of drug-likeness (QED) is 0.718. The Morgan fingerprint density at radius 2 is 1.72 bits per heavy atom. The molecule has 7 nitrogen and oxygen atoms in total. The molecule has 1 aromatic carbocycles. The van der Waals surface area contributed by atoms with Crippen LogP contribution in [0.1, 0.15) is 18.4 Å². The molecule has 0 aromatic heterocycles. The van der Waals surface area contributed by atoms with Crippen molar-refractivity contribution in [1.82, 2.24) is 9.62 Å². The largest absolute Gasteiger partial charge is 0.358 e. The lowest BCUT2D eigenvalue weighted by Crippen LogP contribution is -2.45. The van der Waals surface area contributed by atoms with Crippen molar-refractivity contribution in [2.75, 3.05) is 31.6 Å². The van der Waals surface area contributed by atoms with E-state index in [0.717, 1.165) is 5.56 Å². The van der Waals surface area contributed by atoms with Crippen LogP contribution in [0.2, 0.25) is 0 Å². The first-order valence-electron chi connectivity index (χ1n) is 8.18. The second-order valence-corrected chi connectivity index (χ2v) is 10.5. The van der Waals surface area contributed by atoms with Crippen LogP contribution in [0.25, 0.3) is 0 Å². The Bertz CT molecular complexity index is 783. The third-order valence-electron chi connectivity index (χ3n) is 4.40. The average Bonchev–Trinajstić information content (AvgIpc) is 2.60. The van der Waals surface area contributed by atoms with Crippen LogP contribution in [0.3, 0.4) is 0 Å². The van der Waals surface area contributed by atoms with E-state index in [1.807, 2.05) is 30.3 Å². The van der Waals surface area contributed by atoms with Crippen molar-refractivity contribution in [3.8, 4) is 0 Å². The number of carbonyl (C=O) groups excluding carboxylic acids is 1. The van der Waals surface area contributed by atoms with Gasteiger partial charge in [0.2, 0.25) is 15.9 Å². The van der Waals surface area contributed by atoms with Crippen molar-refractivity contribution in [2.24, 2.45) is 0 Å². The summed E-state index contributed by atoms with van der Waals surface area (Å²) >= 11 is 0. The maximum Gasteiger partial charge on any atom is 0.234 e. The molecule has 9 heteroatoms. The molecule has 2 rings (SSSR count). The Hall–Kier alpha value is -1.45. The lowest BCUT2D eigenvalue weighted by Gasteiger charge is -2.30. The summed E-state index contributed by atoms with van der Waals surface area (Å²) in [6.07, 6.45) is 0.881. The van der Waals surface area contributed by atoms with Gasteiger partial charge in [0.05, 0.1) is 11.0 Å². The summed E-state index contributed by atoms with van der Waals surface area (Å²) < 4.78 is 50.7. The lowest BCUT2D eigenvalue weighted by atomic mass is 10.2. The molecule has 140 valence electrons. The van der Waals surface area contributed by atoms with Gasteiger partial charge in [0.1, 0.15) is 5.75 Å². The fourth-order valence-corrected chi connectivity index (χ4v) is 6.06. The molecule has 1 aromatic rings. The average molecular weight is 389 g/mol. The van der Waals surface area contributed by atoms with Crippen LogP contribution in [0, 0.1) is 0 Å². The summed E-state index contributed by atoms with van der Waals surface area (Å²) in [6, 6.07) is 9.37. The second-order valence-electron chi connectivity index (χ2n) is 6.13. The summed E-state index contributed by atoms with van der Waals surface area (Å²) in [5, 5.41) is 1.64. The minimum Gasteiger partial charge on any atom is -0.358 e. The zero-order chi connectivity index (χ0) is 18.5. The smallest absolute Gasteiger partial charge is 0.234 e. The van der Waals surface area contributed by atoms with Crippen molar-refractivity contribution in [2.45, 2.75) is 24.5 Å². The molecule has 0 unspecified atom stereocenters. The molecular weight excluding hydrogens is 364 g/mol. The summed E-state index contributed by atoms with van der Waals surface area (Å²) in [6.45, 7) is 0.351. The van der Waals surface area contributed by atoms with Gasteiger partial charge in [0.15, 0.2) is 9.84 Å². The standard InChI is InChI=1S/C16H24N2O5S2/c1-17-16(19)13-24(20,21)15-7-10-18(11-8-15)25(22,23)12-9-14-5-3-2-4-6-14/h2-6,15H,7-13H2,1H3,(H,17,19). The van der Waals surface area contributed by atoms with Crippen LogP contribution in [0.5, 0.6) is 0 Å². The van der Waals surface area contributed by atoms with Gasteiger partial charge in [-0.15, -0.1) is 0 Å². The first-order chi connectivity index (χ1) is 11.7. The normalized spacial score (nSPS) is 17.3. The monoisotopic (exact) mass is 388 g/mol. The topological polar surface area (TPSA) is 101 Å². The number of sulfonamides is 1. The molecule has 25 heavy (non-hydrogen) atoms. The van der Waals surface area contributed by atoms with Crippen LogP contribution >= 0.6 is 0 Å². The van der Waals surface area contributed by atoms with Gasteiger partial charge in [-0.25, -0.2) is 21.1 Å². The number of benzene rings is 1. The summed E-state index contributed by atoms with van der Waals surface area (Å²) in [5.74, 6) is -1.08. The maximum atomic E-state index is 12.5. The SMILES string of the molecule is CNC(=O)CS(=O)(=O)C1CCN(S(=O)(=O)CCc2ccccc2)CC1. The molecule has 1 fully saturated rings. The van der Waals surface area contributed by atoms with Crippen LogP contribution in [-0.2, 0) is 31.1 Å². The van der Waals surface area contributed by atoms with E-state index < -0.39 is 36.8 Å². The van der Waals surface area contributed by atoms with E-state index in [4.69, 9.17) is 0 Å². The minimum absolute atomic E-state index is 0.00662. The molecule has 0 spiro atoms. The van der Waals surface area contributed by atoms with E-state index >= 15 is 0 Å². The van der Waals surface area contributed by atoms with Gasteiger partial charge >= 0.3 is 0 Å². The highest BCUT2D eigenvalue weighted by Gasteiger charge is 2.34. The van der Waals surface area contributed by atoms with Gasteiger partial charge < -0.3 is 5.32 Å². The first-order valence-corrected chi connectivity index (χ1v) is 11.5. The van der Waals surface area contributed by atoms with Crippen molar-refractivity contribution in [3.63, 3.8) is 0 Å². The van der Waals surface area contributed by atoms with E-state index in [0.29, 0.717) is 6.42 Å². The lowest BCUT2D eigenvalue weighted by molar-refractivity contribution is -0.118. The zero-order valence-corrected chi connectivity index (χ0v) is 15.9. The molecule has 1 aliphatic heterocycles. The maximum absolute atomic E-state index is 12.5. The number of piperidine rings is 1. The predicted molar refractivity (Wildman–Crippen MR) is 96.4 cm³/mol. The first kappa shape index (κ1) is 19.9. The minimum atomic E-state index is -3.55. The number of nitrogens with one attached hydrogen (secondary N) is 1. The van der Waals surface area contributed by atoms with Gasteiger partial charge in [0.25, 0.3) is 0 Å². The molecule has 0 bridgehead atoms. The van der Waals surface area contributed by atoms with Crippen molar-refractivity contribution < 1.29 is 21.6 Å². The van der Waals surface area contributed by atoms with Gasteiger partial charge in [-0.2, -0.15) is 0 Å². The van der Waals surface area contributed by atoms with Crippen molar-refractivity contribution in [1.29, 1.82) is 0 Å². The van der Waals surface area contributed by atoms with Gasteiger partial charge in [-0.3, -0.25) is 4.79 Å². The Morgan fingerprint density at radius 1 is 1.12 bits per heavy atom. The van der Waals surface area contributed by atoms with E-state index in [1.165, 1.54) is 11.4 Å². The van der Waals surface area contributed by atoms with Crippen molar-refractivity contribution in [3.05, 3.63) is 35.9 Å². The molecule has 1 aliphatic rings. The molecule has 0 atom stereocenters.